The lowest BCUT2D eigenvalue weighted by Gasteiger charge is -2.06. The summed E-state index contributed by atoms with van der Waals surface area (Å²) in [6, 6.07) is -1.64. The van der Waals surface area contributed by atoms with Crippen molar-refractivity contribution in [3.8, 4) is 0 Å². The molecule has 0 aromatic rings. The van der Waals surface area contributed by atoms with E-state index in [0.29, 0.717) is 0 Å². The van der Waals surface area contributed by atoms with Gasteiger partial charge in [0.1, 0.15) is 13.2 Å². The molecule has 0 saturated heterocycles. The molecule has 13 heavy (non-hydrogen) atoms. The zero-order valence-corrected chi connectivity index (χ0v) is 7.50. The zero-order valence-electron chi connectivity index (χ0n) is 7.50. The number of nitrogens with zero attached hydrogens (tertiary/aromatic N) is 2. The average Bonchev–Trinajstić information content (AvgIpc) is 2.03. The van der Waals surface area contributed by atoms with Gasteiger partial charge in [-0.3, -0.25) is 20.2 Å². The Hall–Kier alpha value is -1.24. The van der Waals surface area contributed by atoms with Crippen molar-refractivity contribution in [1.82, 2.24) is 0 Å². The van der Waals surface area contributed by atoms with E-state index >= 15 is 0 Å². The summed E-state index contributed by atoms with van der Waals surface area (Å²) in [5.41, 5.74) is 0. The van der Waals surface area contributed by atoms with Crippen LogP contribution in [0.2, 0.25) is 0 Å². The first-order valence-electron chi connectivity index (χ1n) is 3.80. The molecule has 7 nitrogen and oxygen atoms in total. The molecule has 0 saturated carbocycles. The fourth-order valence-corrected chi connectivity index (χ4v) is 0.531. The van der Waals surface area contributed by atoms with Crippen LogP contribution in [0.5, 0.6) is 0 Å². The summed E-state index contributed by atoms with van der Waals surface area (Å²) in [5, 5.41) is 20.2. The van der Waals surface area contributed by atoms with Gasteiger partial charge in [0.15, 0.2) is 0 Å². The number of hydrogen-bond donors (Lipinski definition) is 0. The van der Waals surface area contributed by atoms with Crippen LogP contribution in [0.3, 0.4) is 0 Å². The van der Waals surface area contributed by atoms with Crippen LogP contribution >= 0.6 is 0 Å². The Morgan fingerprint density at radius 1 is 1.08 bits per heavy atom. The molecule has 0 bridgehead atoms. The highest BCUT2D eigenvalue weighted by Gasteiger charge is 2.16. The van der Waals surface area contributed by atoms with Crippen LogP contribution in [0, 0.1) is 20.2 Å². The van der Waals surface area contributed by atoms with Gasteiger partial charge in [0.05, 0.1) is 0 Å². The van der Waals surface area contributed by atoms with Crippen LogP contribution in [-0.4, -0.2) is 35.1 Å². The Morgan fingerprint density at radius 3 is 1.62 bits per heavy atom. The summed E-state index contributed by atoms with van der Waals surface area (Å²) in [5.74, 6) is 0. The van der Waals surface area contributed by atoms with Gasteiger partial charge < -0.3 is 4.74 Å². The van der Waals surface area contributed by atoms with Crippen LogP contribution in [0.15, 0.2) is 0 Å². The molecule has 0 rings (SSSR count). The van der Waals surface area contributed by atoms with Crippen LogP contribution < -0.4 is 0 Å². The highest BCUT2D eigenvalue weighted by Crippen LogP contribution is 1.93. The number of ether oxygens (including phenoxy) is 1. The van der Waals surface area contributed by atoms with Crippen molar-refractivity contribution in [2.45, 2.75) is 25.9 Å². The van der Waals surface area contributed by atoms with Gasteiger partial charge in [0, 0.05) is 23.7 Å². The standard InChI is InChI=1S/C6H12N2O5/c1-5(7(9)10)3-13-4-6(2)8(11)12/h5-6H,3-4H2,1-2H3. The van der Waals surface area contributed by atoms with E-state index in [9.17, 15) is 20.2 Å². The molecule has 0 N–H and O–H groups in total. The lowest BCUT2D eigenvalue weighted by atomic mass is 10.4. The second-order valence-corrected chi connectivity index (χ2v) is 2.81. The van der Waals surface area contributed by atoms with Gasteiger partial charge in [-0.05, 0) is 0 Å². The Kier molecular flexibility index (Phi) is 4.90. The topological polar surface area (TPSA) is 95.5 Å². The maximum atomic E-state index is 10.1. The molecule has 0 fully saturated rings. The molecule has 2 unspecified atom stereocenters. The summed E-state index contributed by atoms with van der Waals surface area (Å²) >= 11 is 0. The van der Waals surface area contributed by atoms with E-state index < -0.39 is 21.9 Å². The molecule has 0 aromatic heterocycles. The highest BCUT2D eigenvalue weighted by molar-refractivity contribution is 4.48. The molecule has 76 valence electrons. The number of rotatable bonds is 6. The van der Waals surface area contributed by atoms with Crippen molar-refractivity contribution in [3.63, 3.8) is 0 Å². The van der Waals surface area contributed by atoms with Gasteiger partial charge >= 0.3 is 0 Å². The molecular formula is C6H12N2O5. The molecule has 0 amide bonds. The summed E-state index contributed by atoms with van der Waals surface area (Å²) < 4.78 is 4.80. The van der Waals surface area contributed by atoms with Crippen LogP contribution in [0.25, 0.3) is 0 Å². The maximum absolute atomic E-state index is 10.1. The minimum Gasteiger partial charge on any atom is -0.367 e. The van der Waals surface area contributed by atoms with Gasteiger partial charge in [-0.25, -0.2) is 0 Å². The van der Waals surface area contributed by atoms with Gasteiger partial charge in [0.2, 0.25) is 12.1 Å². The molecule has 2 atom stereocenters. The van der Waals surface area contributed by atoms with E-state index in [1.807, 2.05) is 0 Å². The second-order valence-electron chi connectivity index (χ2n) is 2.81. The Morgan fingerprint density at radius 2 is 1.38 bits per heavy atom. The van der Waals surface area contributed by atoms with E-state index in [0.717, 1.165) is 0 Å². The van der Waals surface area contributed by atoms with E-state index in [-0.39, 0.29) is 13.2 Å². The highest BCUT2D eigenvalue weighted by atomic mass is 16.6. The summed E-state index contributed by atoms with van der Waals surface area (Å²) in [7, 11) is 0. The monoisotopic (exact) mass is 192 g/mol. The summed E-state index contributed by atoms with van der Waals surface area (Å²) in [6.07, 6.45) is 0. The fraction of sp³-hybridized carbons (Fsp3) is 1.00. The van der Waals surface area contributed by atoms with Crippen molar-refractivity contribution >= 4 is 0 Å². The smallest absolute Gasteiger partial charge is 0.233 e. The molecule has 0 aromatic carbocycles. The summed E-state index contributed by atoms with van der Waals surface area (Å²) in [4.78, 5) is 19.2. The maximum Gasteiger partial charge on any atom is 0.233 e. The minimum absolute atomic E-state index is 0.0921. The van der Waals surface area contributed by atoms with Gasteiger partial charge in [-0.1, -0.05) is 0 Å². The molecule has 7 heteroatoms. The van der Waals surface area contributed by atoms with E-state index in [4.69, 9.17) is 4.74 Å². The van der Waals surface area contributed by atoms with Crippen molar-refractivity contribution in [3.05, 3.63) is 20.2 Å². The van der Waals surface area contributed by atoms with Gasteiger partial charge in [0.25, 0.3) is 0 Å². The molecule has 0 spiro atoms. The number of nitro groups is 2. The third kappa shape index (κ3) is 5.07. The first-order valence-corrected chi connectivity index (χ1v) is 3.80. The summed E-state index contributed by atoms with van der Waals surface area (Å²) in [6.45, 7) is 2.59. The van der Waals surface area contributed by atoms with Gasteiger partial charge in [-0.15, -0.1) is 0 Å². The van der Waals surface area contributed by atoms with Crippen LogP contribution in [0.1, 0.15) is 13.8 Å². The number of hydrogen-bond acceptors (Lipinski definition) is 5. The molecule has 0 radical (unpaired) electrons. The van der Waals surface area contributed by atoms with Gasteiger partial charge in [-0.2, -0.15) is 0 Å². The quantitative estimate of drug-likeness (QED) is 0.446. The van der Waals surface area contributed by atoms with E-state index in [2.05, 4.69) is 0 Å². The Balaban J connectivity index is 3.56. The molecular weight excluding hydrogens is 180 g/mol. The van der Waals surface area contributed by atoms with Crippen molar-refractivity contribution in [1.29, 1.82) is 0 Å². The second kappa shape index (κ2) is 5.41. The molecule has 0 aliphatic heterocycles. The fourth-order valence-electron chi connectivity index (χ4n) is 0.531. The lowest BCUT2D eigenvalue weighted by molar-refractivity contribution is -0.532. The predicted molar refractivity (Wildman–Crippen MR) is 43.7 cm³/mol. The third-order valence-electron chi connectivity index (χ3n) is 1.44. The third-order valence-corrected chi connectivity index (χ3v) is 1.44. The zero-order chi connectivity index (χ0) is 10.4. The SMILES string of the molecule is CC(COCC(C)[N+](=O)[O-])[N+](=O)[O-]. The first-order chi connectivity index (χ1) is 5.95. The Bertz CT molecular complexity index is 175. The van der Waals surface area contributed by atoms with Crippen molar-refractivity contribution in [2.75, 3.05) is 13.2 Å². The molecule has 0 aliphatic carbocycles. The van der Waals surface area contributed by atoms with Crippen molar-refractivity contribution in [2.24, 2.45) is 0 Å². The van der Waals surface area contributed by atoms with Crippen molar-refractivity contribution < 1.29 is 14.6 Å². The first kappa shape index (κ1) is 11.8. The van der Waals surface area contributed by atoms with E-state index in [1.165, 1.54) is 13.8 Å². The van der Waals surface area contributed by atoms with Crippen LogP contribution in [0.4, 0.5) is 0 Å². The normalized spacial score (nSPS) is 14.9. The molecule has 0 heterocycles. The lowest BCUT2D eigenvalue weighted by Crippen LogP contribution is -2.27. The van der Waals surface area contributed by atoms with E-state index in [1.54, 1.807) is 0 Å². The van der Waals surface area contributed by atoms with Crippen LogP contribution in [-0.2, 0) is 4.74 Å². The Labute approximate surface area is 75.0 Å². The predicted octanol–water partition coefficient (Wildman–Crippen LogP) is 0.333. The molecule has 0 aliphatic rings. The average molecular weight is 192 g/mol. The minimum atomic E-state index is -0.820. The largest absolute Gasteiger partial charge is 0.367 e.